The third kappa shape index (κ3) is 7.36. The summed E-state index contributed by atoms with van der Waals surface area (Å²) >= 11 is -1.60. The average Bonchev–Trinajstić information content (AvgIpc) is 3.73. The number of carbonyl (C=O) groups is 1. The molecule has 2 aromatic heterocycles. The number of halogens is 4. The van der Waals surface area contributed by atoms with Crippen molar-refractivity contribution in [3.05, 3.63) is 107 Å². The summed E-state index contributed by atoms with van der Waals surface area (Å²) in [5.41, 5.74) is 4.42. The highest BCUT2D eigenvalue weighted by molar-refractivity contribution is 7.90. The minimum absolute atomic E-state index is 0.115. The van der Waals surface area contributed by atoms with Crippen molar-refractivity contribution in [1.82, 2.24) is 19.5 Å². The number of carbonyl (C=O) groups excluding carboxylic acids is 1. The van der Waals surface area contributed by atoms with Crippen LogP contribution in [0.15, 0.2) is 60.8 Å². The Morgan fingerprint density at radius 3 is 2.52 bits per heavy atom. The SMILES string of the molecule is CC(C)(C)[S+]([O-])NC(CCC1CC1)(c1cc#cnc1)c1ccc(F)c(NC(=O)c2cc(C(F)(F)F)nn2-c2cccc(CN)c2)c1. The van der Waals surface area contributed by atoms with Gasteiger partial charge in [-0.25, -0.2) is 14.1 Å². The highest BCUT2D eigenvalue weighted by atomic mass is 32.2. The Balaban J connectivity index is 1.58. The van der Waals surface area contributed by atoms with E-state index in [1.807, 2.05) is 20.8 Å². The molecular weight excluding hydrogens is 620 g/mol. The molecule has 0 saturated heterocycles. The molecule has 242 valence electrons. The molecule has 13 heteroatoms. The van der Waals surface area contributed by atoms with Gasteiger partial charge < -0.3 is 15.6 Å². The maximum Gasteiger partial charge on any atom is 0.435 e. The first-order chi connectivity index (χ1) is 21.7. The molecule has 0 spiro atoms. The maximum absolute atomic E-state index is 15.4. The Kier molecular flexibility index (Phi) is 9.47. The molecule has 5 rings (SSSR count). The quantitative estimate of drug-likeness (QED) is 0.130. The molecular formula is C33H34F4N6O2S. The molecule has 0 radical (unpaired) electrons. The van der Waals surface area contributed by atoms with E-state index in [1.165, 1.54) is 24.3 Å². The Hall–Kier alpha value is -3.96. The normalized spacial score (nSPS) is 15.6. The zero-order valence-corrected chi connectivity index (χ0v) is 26.4. The molecule has 1 aliphatic carbocycles. The van der Waals surface area contributed by atoms with E-state index in [0.717, 1.165) is 30.0 Å². The summed E-state index contributed by atoms with van der Waals surface area (Å²) in [5, 5.41) is 6.10. The van der Waals surface area contributed by atoms with Gasteiger partial charge >= 0.3 is 6.18 Å². The second kappa shape index (κ2) is 13.0. The van der Waals surface area contributed by atoms with Crippen LogP contribution in [0.3, 0.4) is 0 Å². The Bertz CT molecular complexity index is 1690. The predicted molar refractivity (Wildman–Crippen MR) is 166 cm³/mol. The molecule has 2 heterocycles. The van der Waals surface area contributed by atoms with E-state index in [9.17, 15) is 22.5 Å². The number of hydrogen-bond acceptors (Lipinski definition) is 6. The van der Waals surface area contributed by atoms with E-state index >= 15 is 4.39 Å². The minimum atomic E-state index is -4.84. The molecule has 1 fully saturated rings. The first-order valence-electron chi connectivity index (χ1n) is 14.7. The number of aromatic nitrogens is 3. The van der Waals surface area contributed by atoms with Crippen LogP contribution in [-0.2, 0) is 29.6 Å². The van der Waals surface area contributed by atoms with Crippen molar-refractivity contribution in [3.8, 4) is 5.69 Å². The van der Waals surface area contributed by atoms with E-state index in [2.05, 4.69) is 32.4 Å². The molecule has 1 saturated carbocycles. The number of nitrogens with zero attached hydrogens (tertiary/aromatic N) is 3. The average molecular weight is 655 g/mol. The van der Waals surface area contributed by atoms with Gasteiger partial charge in [0.25, 0.3) is 5.91 Å². The van der Waals surface area contributed by atoms with Gasteiger partial charge in [0.2, 0.25) is 0 Å². The van der Waals surface area contributed by atoms with E-state index in [4.69, 9.17) is 5.73 Å². The van der Waals surface area contributed by atoms with Crippen molar-refractivity contribution in [1.29, 1.82) is 0 Å². The zero-order chi connectivity index (χ0) is 33.3. The van der Waals surface area contributed by atoms with Crippen LogP contribution >= 0.6 is 0 Å². The first-order valence-corrected chi connectivity index (χ1v) is 15.9. The molecule has 2 aromatic carbocycles. The van der Waals surface area contributed by atoms with Crippen LogP contribution in [0.2, 0.25) is 0 Å². The van der Waals surface area contributed by atoms with Crippen molar-refractivity contribution in [3.63, 3.8) is 0 Å². The van der Waals surface area contributed by atoms with Crippen molar-refractivity contribution >= 4 is 23.0 Å². The molecule has 2 atom stereocenters. The molecule has 0 bridgehead atoms. The van der Waals surface area contributed by atoms with Crippen molar-refractivity contribution in [2.24, 2.45) is 11.7 Å². The summed E-state index contributed by atoms with van der Waals surface area (Å²) in [6, 6.07) is 15.5. The third-order valence-corrected chi connectivity index (χ3v) is 9.48. The van der Waals surface area contributed by atoms with Crippen LogP contribution in [0.1, 0.15) is 79.3 Å². The van der Waals surface area contributed by atoms with E-state index in [0.29, 0.717) is 35.1 Å². The van der Waals surface area contributed by atoms with Gasteiger partial charge in [-0.05, 0) is 87.1 Å². The summed E-state index contributed by atoms with van der Waals surface area (Å²) in [6.07, 6.45) is 2.74. The van der Waals surface area contributed by atoms with Crippen molar-refractivity contribution in [2.45, 2.75) is 69.5 Å². The van der Waals surface area contributed by atoms with Crippen LogP contribution in [0.5, 0.6) is 0 Å². The Labute approximate surface area is 268 Å². The smallest absolute Gasteiger partial charge is 0.435 e. The van der Waals surface area contributed by atoms with E-state index < -0.39 is 50.9 Å². The Morgan fingerprint density at radius 1 is 1.13 bits per heavy atom. The van der Waals surface area contributed by atoms with Gasteiger partial charge in [-0.2, -0.15) is 18.3 Å². The number of nitrogens with two attached hydrogens (primary N) is 1. The summed E-state index contributed by atoms with van der Waals surface area (Å²) in [7, 11) is 0. The second-order valence-corrected chi connectivity index (χ2v) is 14.3. The van der Waals surface area contributed by atoms with Gasteiger partial charge in [-0.15, -0.1) is 4.72 Å². The van der Waals surface area contributed by atoms with Crippen molar-refractivity contribution < 1.29 is 26.9 Å². The van der Waals surface area contributed by atoms with Crippen molar-refractivity contribution in [2.75, 3.05) is 5.32 Å². The van der Waals surface area contributed by atoms with Crippen LogP contribution < -0.4 is 15.8 Å². The zero-order valence-electron chi connectivity index (χ0n) is 25.5. The number of hydrogen-bond donors (Lipinski definition) is 3. The lowest BCUT2D eigenvalue weighted by Gasteiger charge is -2.38. The number of anilines is 1. The topological polar surface area (TPSA) is 121 Å². The summed E-state index contributed by atoms with van der Waals surface area (Å²) in [4.78, 5) is 17.7. The fourth-order valence-electron chi connectivity index (χ4n) is 5.05. The monoisotopic (exact) mass is 654 g/mol. The lowest BCUT2D eigenvalue weighted by Crippen LogP contribution is -2.52. The molecule has 8 nitrogen and oxygen atoms in total. The van der Waals surface area contributed by atoms with Gasteiger partial charge in [-0.3, -0.25) is 4.79 Å². The molecule has 1 amide bonds. The molecule has 4 N–H and O–H groups in total. The molecule has 0 aliphatic heterocycles. The van der Waals surface area contributed by atoms with E-state index in [1.54, 1.807) is 24.4 Å². The summed E-state index contributed by atoms with van der Waals surface area (Å²) in [6.45, 7) is 5.58. The number of amides is 1. The lowest BCUT2D eigenvalue weighted by atomic mass is 9.80. The fourth-order valence-corrected chi connectivity index (χ4v) is 6.01. The predicted octanol–water partition coefficient (Wildman–Crippen LogP) is 6.22. The van der Waals surface area contributed by atoms with Gasteiger partial charge in [0.1, 0.15) is 21.8 Å². The highest BCUT2D eigenvalue weighted by Gasteiger charge is 2.44. The molecule has 2 unspecified atom stereocenters. The van der Waals surface area contributed by atoms with Gasteiger partial charge in [0, 0.05) is 41.9 Å². The van der Waals surface area contributed by atoms with Crippen LogP contribution in [0, 0.1) is 24.0 Å². The largest absolute Gasteiger partial charge is 0.598 e. The van der Waals surface area contributed by atoms with E-state index in [-0.39, 0.29) is 17.9 Å². The second-order valence-electron chi connectivity index (χ2n) is 12.3. The molecule has 46 heavy (non-hydrogen) atoms. The van der Waals surface area contributed by atoms with Gasteiger partial charge in [0.05, 0.1) is 11.4 Å². The van der Waals surface area contributed by atoms with Gasteiger partial charge in [-0.1, -0.05) is 31.0 Å². The van der Waals surface area contributed by atoms with Crippen LogP contribution in [0.4, 0.5) is 23.2 Å². The third-order valence-electron chi connectivity index (χ3n) is 7.83. The maximum atomic E-state index is 15.4. The number of rotatable bonds is 11. The molecule has 4 aromatic rings. The number of nitrogens with one attached hydrogen (secondary N) is 2. The van der Waals surface area contributed by atoms with Crippen LogP contribution in [-0.4, -0.2) is 30.0 Å². The fraction of sp³-hybridized carbons (Fsp3) is 0.364. The Morgan fingerprint density at radius 2 is 1.89 bits per heavy atom. The lowest BCUT2D eigenvalue weighted by molar-refractivity contribution is -0.141. The highest BCUT2D eigenvalue weighted by Crippen LogP contribution is 2.43. The first kappa shape index (κ1) is 33.4. The summed E-state index contributed by atoms with van der Waals surface area (Å²) < 4.78 is 73.7. The molecule has 1 aliphatic rings. The summed E-state index contributed by atoms with van der Waals surface area (Å²) in [5.74, 6) is -1.35. The van der Waals surface area contributed by atoms with Crippen LogP contribution in [0.25, 0.3) is 5.69 Å². The standard InChI is InChI=1S/C33H34F4N6O2S/c1-31(2,3)46(45)42-32(14-13-21-9-10-21,24-7-5-15-39-20-24)23-11-12-26(34)27(17-23)40-30(44)28-18-29(33(35,36)37)41-43(28)25-8-4-6-22(16-25)19-38/h4,6-8,11-12,16-18,20-21,42H,9-10,13-14,19,38H2,1-3H3,(H,40,44). The minimum Gasteiger partial charge on any atom is -0.598 e. The number of benzene rings is 2. The van der Waals surface area contributed by atoms with Gasteiger partial charge in [0.15, 0.2) is 5.69 Å². The number of alkyl halides is 3.